The minimum absolute atomic E-state index is 0.0927. The standard InChI is InChI=1S/C22H23N5O/c1-14-8-9-17(12-15(14)2)26-11-10-19-18(21(26)28)13-23-22-24-20(25-27(19)22)16-6-4-3-5-7-16/h8-13,16H,3-7H2,1-2H3. The summed E-state index contributed by atoms with van der Waals surface area (Å²) in [6.45, 7) is 4.12. The molecular formula is C22H23N5O. The molecule has 0 amide bonds. The minimum atomic E-state index is -0.0927. The summed E-state index contributed by atoms with van der Waals surface area (Å²) in [5.41, 5.74) is 3.89. The van der Waals surface area contributed by atoms with E-state index in [9.17, 15) is 4.79 Å². The van der Waals surface area contributed by atoms with Crippen molar-refractivity contribution < 1.29 is 0 Å². The molecule has 0 N–H and O–H groups in total. The molecule has 1 saturated carbocycles. The zero-order chi connectivity index (χ0) is 19.3. The van der Waals surface area contributed by atoms with E-state index < -0.39 is 0 Å². The summed E-state index contributed by atoms with van der Waals surface area (Å²) >= 11 is 0. The first-order valence-corrected chi connectivity index (χ1v) is 9.96. The van der Waals surface area contributed by atoms with Gasteiger partial charge in [0.1, 0.15) is 0 Å². The van der Waals surface area contributed by atoms with Gasteiger partial charge in [0.25, 0.3) is 11.3 Å². The molecule has 0 radical (unpaired) electrons. The van der Waals surface area contributed by atoms with Crippen LogP contribution in [0.15, 0.2) is 41.5 Å². The fraction of sp³-hybridized carbons (Fsp3) is 0.364. The average molecular weight is 373 g/mol. The molecule has 1 aliphatic rings. The van der Waals surface area contributed by atoms with Crippen LogP contribution in [0.2, 0.25) is 0 Å². The lowest BCUT2D eigenvalue weighted by molar-refractivity contribution is 0.429. The van der Waals surface area contributed by atoms with Gasteiger partial charge in [-0.1, -0.05) is 25.3 Å². The van der Waals surface area contributed by atoms with Crippen molar-refractivity contribution in [2.24, 2.45) is 0 Å². The van der Waals surface area contributed by atoms with E-state index in [4.69, 9.17) is 5.10 Å². The molecule has 0 aliphatic heterocycles. The fourth-order valence-electron chi connectivity index (χ4n) is 4.15. The molecule has 142 valence electrons. The fourth-order valence-corrected chi connectivity index (χ4v) is 4.15. The Morgan fingerprint density at radius 1 is 1.04 bits per heavy atom. The van der Waals surface area contributed by atoms with Gasteiger partial charge in [-0.25, -0.2) is 4.98 Å². The van der Waals surface area contributed by atoms with Crippen LogP contribution in [-0.2, 0) is 0 Å². The Balaban J connectivity index is 1.65. The molecular weight excluding hydrogens is 350 g/mol. The van der Waals surface area contributed by atoms with Gasteiger partial charge in [0.15, 0.2) is 5.82 Å². The molecule has 3 heterocycles. The first-order valence-electron chi connectivity index (χ1n) is 9.96. The third-order valence-corrected chi connectivity index (χ3v) is 5.99. The molecule has 6 nitrogen and oxygen atoms in total. The van der Waals surface area contributed by atoms with Gasteiger partial charge in [-0.2, -0.15) is 9.50 Å². The molecule has 0 saturated heterocycles. The monoisotopic (exact) mass is 373 g/mol. The van der Waals surface area contributed by atoms with E-state index in [1.165, 1.54) is 24.8 Å². The molecule has 0 unspecified atom stereocenters. The second-order valence-corrected chi connectivity index (χ2v) is 7.83. The topological polar surface area (TPSA) is 65.1 Å². The summed E-state index contributed by atoms with van der Waals surface area (Å²) in [5, 5.41) is 5.28. The van der Waals surface area contributed by atoms with Gasteiger partial charge in [-0.3, -0.25) is 9.36 Å². The van der Waals surface area contributed by atoms with Crippen LogP contribution in [-0.4, -0.2) is 24.1 Å². The smallest absolute Gasteiger partial charge is 0.266 e. The highest BCUT2D eigenvalue weighted by atomic mass is 16.1. The maximum atomic E-state index is 13.1. The predicted octanol–water partition coefficient (Wildman–Crippen LogP) is 4.09. The summed E-state index contributed by atoms with van der Waals surface area (Å²) in [5.74, 6) is 1.83. The molecule has 0 bridgehead atoms. The molecule has 28 heavy (non-hydrogen) atoms. The van der Waals surface area contributed by atoms with Gasteiger partial charge >= 0.3 is 0 Å². The van der Waals surface area contributed by atoms with Gasteiger partial charge in [0.2, 0.25) is 0 Å². The van der Waals surface area contributed by atoms with Crippen molar-refractivity contribution in [3.05, 3.63) is 64.0 Å². The molecule has 5 rings (SSSR count). The van der Waals surface area contributed by atoms with Crippen molar-refractivity contribution in [2.45, 2.75) is 51.9 Å². The quantitative estimate of drug-likeness (QED) is 0.531. The van der Waals surface area contributed by atoms with E-state index in [1.807, 2.05) is 30.5 Å². The number of hydrogen-bond donors (Lipinski definition) is 0. The summed E-state index contributed by atoms with van der Waals surface area (Å²) in [7, 11) is 0. The van der Waals surface area contributed by atoms with E-state index in [0.29, 0.717) is 17.1 Å². The van der Waals surface area contributed by atoms with Crippen LogP contribution in [0, 0.1) is 13.8 Å². The molecule has 0 atom stereocenters. The second-order valence-electron chi connectivity index (χ2n) is 7.83. The summed E-state index contributed by atoms with van der Waals surface area (Å²) < 4.78 is 3.40. The number of aryl methyl sites for hydroxylation is 2. The lowest BCUT2D eigenvalue weighted by Crippen LogP contribution is -2.19. The van der Waals surface area contributed by atoms with Gasteiger partial charge < -0.3 is 0 Å². The number of rotatable bonds is 2. The van der Waals surface area contributed by atoms with Crippen LogP contribution < -0.4 is 5.56 Å². The van der Waals surface area contributed by atoms with Gasteiger partial charge in [-0.05, 0) is 56.0 Å². The van der Waals surface area contributed by atoms with Crippen molar-refractivity contribution in [2.75, 3.05) is 0 Å². The van der Waals surface area contributed by atoms with Crippen LogP contribution >= 0.6 is 0 Å². The second kappa shape index (κ2) is 6.55. The van der Waals surface area contributed by atoms with Crippen molar-refractivity contribution in [3.63, 3.8) is 0 Å². The maximum absolute atomic E-state index is 13.1. The van der Waals surface area contributed by atoms with Crippen LogP contribution in [0.5, 0.6) is 0 Å². The molecule has 6 heteroatoms. The molecule has 1 aliphatic carbocycles. The number of nitrogens with zero attached hydrogens (tertiary/aromatic N) is 5. The first-order chi connectivity index (χ1) is 13.6. The Morgan fingerprint density at radius 3 is 2.64 bits per heavy atom. The summed E-state index contributed by atoms with van der Waals surface area (Å²) in [6.07, 6.45) is 9.47. The molecule has 1 aromatic carbocycles. The van der Waals surface area contributed by atoms with Gasteiger partial charge in [0.05, 0.1) is 10.9 Å². The van der Waals surface area contributed by atoms with E-state index in [0.717, 1.165) is 35.4 Å². The molecule has 0 spiro atoms. The van der Waals surface area contributed by atoms with Crippen LogP contribution in [0.1, 0.15) is 55.0 Å². The maximum Gasteiger partial charge on any atom is 0.266 e. The highest BCUT2D eigenvalue weighted by Gasteiger charge is 2.21. The van der Waals surface area contributed by atoms with Gasteiger partial charge in [0, 0.05) is 24.0 Å². The third kappa shape index (κ3) is 2.71. The van der Waals surface area contributed by atoms with Crippen molar-refractivity contribution in [3.8, 4) is 5.69 Å². The predicted molar refractivity (Wildman–Crippen MR) is 109 cm³/mol. The minimum Gasteiger partial charge on any atom is -0.284 e. The van der Waals surface area contributed by atoms with Crippen LogP contribution in [0.25, 0.3) is 22.4 Å². The zero-order valence-corrected chi connectivity index (χ0v) is 16.2. The molecule has 4 aromatic rings. The largest absolute Gasteiger partial charge is 0.284 e. The third-order valence-electron chi connectivity index (χ3n) is 5.99. The Hall–Kier alpha value is -3.02. The van der Waals surface area contributed by atoms with Crippen molar-refractivity contribution in [1.82, 2.24) is 24.1 Å². The first kappa shape index (κ1) is 17.1. The lowest BCUT2D eigenvalue weighted by Gasteiger charge is -2.17. The van der Waals surface area contributed by atoms with Gasteiger partial charge in [-0.15, -0.1) is 5.10 Å². The zero-order valence-electron chi connectivity index (χ0n) is 16.2. The Labute approximate surface area is 162 Å². The van der Waals surface area contributed by atoms with E-state index in [-0.39, 0.29) is 5.56 Å². The van der Waals surface area contributed by atoms with Crippen LogP contribution in [0.4, 0.5) is 0 Å². The van der Waals surface area contributed by atoms with Crippen LogP contribution in [0.3, 0.4) is 0 Å². The van der Waals surface area contributed by atoms with E-state index in [2.05, 4.69) is 23.8 Å². The van der Waals surface area contributed by atoms with E-state index in [1.54, 1.807) is 15.3 Å². The Kier molecular flexibility index (Phi) is 4.00. The number of hydrogen-bond acceptors (Lipinski definition) is 4. The average Bonchev–Trinajstić information content (AvgIpc) is 3.16. The molecule has 3 aromatic heterocycles. The Bertz CT molecular complexity index is 1250. The number of pyridine rings is 1. The van der Waals surface area contributed by atoms with Crippen molar-refractivity contribution in [1.29, 1.82) is 0 Å². The SMILES string of the molecule is Cc1ccc(-n2ccc3c(cnc4nc(C5CCCCC5)nn43)c2=O)cc1C. The summed E-state index contributed by atoms with van der Waals surface area (Å²) in [4.78, 5) is 22.2. The number of fused-ring (bicyclic) bond motifs is 3. The lowest BCUT2D eigenvalue weighted by atomic mass is 9.89. The highest BCUT2D eigenvalue weighted by molar-refractivity contribution is 5.79. The van der Waals surface area contributed by atoms with E-state index >= 15 is 0 Å². The highest BCUT2D eigenvalue weighted by Crippen LogP contribution is 2.31. The number of benzene rings is 1. The van der Waals surface area contributed by atoms with Crippen molar-refractivity contribution >= 4 is 16.7 Å². The normalized spacial score (nSPS) is 15.5. The summed E-state index contributed by atoms with van der Waals surface area (Å²) in [6, 6.07) is 7.97. The molecule has 1 fully saturated rings. The number of aromatic nitrogens is 5. The Morgan fingerprint density at radius 2 is 1.86 bits per heavy atom.